The van der Waals surface area contributed by atoms with Crippen LogP contribution >= 0.6 is 0 Å². The lowest BCUT2D eigenvalue weighted by Gasteiger charge is -2.43. The lowest BCUT2D eigenvalue weighted by Crippen LogP contribution is -2.58. The molecular formula is C20H21F6N5O3. The number of amides is 1. The summed E-state index contributed by atoms with van der Waals surface area (Å²) in [5.74, 6) is -0.510. The largest absolute Gasteiger partial charge is 0.421 e. The first-order chi connectivity index (χ1) is 15.8. The quantitative estimate of drug-likeness (QED) is 0.649. The van der Waals surface area contributed by atoms with Gasteiger partial charge in [-0.05, 0) is 5.92 Å². The molecular weight excluding hydrogens is 472 g/mol. The van der Waals surface area contributed by atoms with Crippen molar-refractivity contribution in [3.8, 4) is 5.75 Å². The van der Waals surface area contributed by atoms with Gasteiger partial charge in [0.25, 0.3) is 5.56 Å². The summed E-state index contributed by atoms with van der Waals surface area (Å²) in [5, 5.41) is 0. The number of anilines is 1. The molecule has 3 rings (SSSR count). The number of nitrogens with one attached hydrogen (secondary N) is 1. The van der Waals surface area contributed by atoms with E-state index in [0.717, 1.165) is 6.20 Å². The average Bonchev–Trinajstić information content (AvgIpc) is 2.78. The van der Waals surface area contributed by atoms with Crippen LogP contribution < -0.4 is 15.2 Å². The number of carbonyl (C=O) groups excluding carboxylic acids is 1. The van der Waals surface area contributed by atoms with Crippen LogP contribution in [0.3, 0.4) is 0 Å². The molecule has 0 bridgehead atoms. The first-order valence-electron chi connectivity index (χ1n) is 10.2. The van der Waals surface area contributed by atoms with Gasteiger partial charge in [0, 0.05) is 44.3 Å². The molecule has 2 aromatic heterocycles. The van der Waals surface area contributed by atoms with Gasteiger partial charge in [0.05, 0.1) is 11.6 Å². The number of hydrogen-bond donors (Lipinski definition) is 1. The molecule has 34 heavy (non-hydrogen) atoms. The lowest BCUT2D eigenvalue weighted by atomic mass is 9.95. The third-order valence-electron chi connectivity index (χ3n) is 5.59. The van der Waals surface area contributed by atoms with Crippen molar-refractivity contribution >= 4 is 12.0 Å². The molecule has 1 fully saturated rings. The molecule has 1 amide bonds. The van der Waals surface area contributed by atoms with Crippen LogP contribution in [0.5, 0.6) is 5.75 Å². The van der Waals surface area contributed by atoms with Gasteiger partial charge in [0.1, 0.15) is 11.3 Å². The van der Waals surface area contributed by atoms with E-state index in [2.05, 4.69) is 9.97 Å². The third-order valence-corrected chi connectivity index (χ3v) is 5.59. The van der Waals surface area contributed by atoms with Crippen molar-refractivity contribution in [3.63, 3.8) is 0 Å². The van der Waals surface area contributed by atoms with E-state index in [4.69, 9.17) is 4.74 Å². The van der Waals surface area contributed by atoms with Crippen molar-refractivity contribution in [2.75, 3.05) is 24.5 Å². The molecule has 2 unspecified atom stereocenters. The van der Waals surface area contributed by atoms with Crippen LogP contribution in [0, 0.1) is 5.92 Å². The van der Waals surface area contributed by atoms with Gasteiger partial charge >= 0.3 is 18.4 Å². The maximum absolute atomic E-state index is 13.0. The third kappa shape index (κ3) is 5.59. The predicted molar refractivity (Wildman–Crippen MR) is 107 cm³/mol. The van der Waals surface area contributed by atoms with Crippen LogP contribution in [0.25, 0.3) is 0 Å². The minimum Gasteiger partial charge on any atom is -0.409 e. The van der Waals surface area contributed by atoms with Gasteiger partial charge in [-0.15, -0.1) is 0 Å². The number of aromatic amines is 1. The summed E-state index contributed by atoms with van der Waals surface area (Å²) in [6.07, 6.45) is -7.58. The van der Waals surface area contributed by atoms with Gasteiger partial charge in [0.2, 0.25) is 5.95 Å². The Hall–Kier alpha value is -3.32. The highest BCUT2D eigenvalue weighted by Crippen LogP contribution is 2.30. The Morgan fingerprint density at radius 1 is 1.18 bits per heavy atom. The van der Waals surface area contributed by atoms with Gasteiger partial charge in [-0.3, -0.25) is 4.79 Å². The number of piperazine rings is 1. The molecule has 1 aliphatic rings. The summed E-state index contributed by atoms with van der Waals surface area (Å²) in [6, 6.07) is -0.0385. The number of aromatic nitrogens is 3. The minimum absolute atomic E-state index is 0.0600. The zero-order valence-corrected chi connectivity index (χ0v) is 18.1. The smallest absolute Gasteiger partial charge is 0.409 e. The van der Waals surface area contributed by atoms with E-state index < -0.39 is 46.9 Å². The van der Waals surface area contributed by atoms with Gasteiger partial charge in [-0.25, -0.2) is 14.8 Å². The van der Waals surface area contributed by atoms with Crippen LogP contribution in [0.15, 0.2) is 29.5 Å². The van der Waals surface area contributed by atoms with E-state index in [1.807, 2.05) is 18.8 Å². The zero-order valence-electron chi connectivity index (χ0n) is 18.1. The van der Waals surface area contributed by atoms with Crippen LogP contribution in [0.4, 0.5) is 37.1 Å². The van der Waals surface area contributed by atoms with E-state index in [1.165, 1.54) is 4.90 Å². The first kappa shape index (κ1) is 25.3. The number of hydrogen-bond acceptors (Lipinski definition) is 6. The summed E-state index contributed by atoms with van der Waals surface area (Å²) in [6.45, 7) is 4.12. The fourth-order valence-corrected chi connectivity index (χ4v) is 3.50. The Balaban J connectivity index is 1.78. The summed E-state index contributed by atoms with van der Waals surface area (Å²) >= 11 is 0. The molecule has 8 nitrogen and oxygen atoms in total. The number of rotatable bonds is 4. The Kier molecular flexibility index (Phi) is 7.07. The number of ether oxygens (including phenoxy) is 1. The fraction of sp³-hybridized carbons (Fsp3) is 0.500. The first-order valence-corrected chi connectivity index (χ1v) is 10.2. The van der Waals surface area contributed by atoms with Crippen molar-refractivity contribution in [1.82, 2.24) is 19.9 Å². The monoisotopic (exact) mass is 493 g/mol. The molecule has 1 N–H and O–H groups in total. The standard InChI is InChI=1S/C20H21F6N5O3/c1-3-11(2)15-10-30(17-28-7-12(8-29-17)19(21,22)23)4-5-31(15)18(33)34-13-6-14(20(24,25)26)16(32)27-9-13/h6-9,11,15H,3-5,10H2,1-2H3,(H,27,32). The number of H-pyrrole nitrogens is 1. The highest BCUT2D eigenvalue weighted by Gasteiger charge is 2.38. The fourth-order valence-electron chi connectivity index (χ4n) is 3.50. The van der Waals surface area contributed by atoms with Crippen molar-refractivity contribution < 1.29 is 35.9 Å². The molecule has 0 radical (unpaired) electrons. The minimum atomic E-state index is -4.93. The van der Waals surface area contributed by atoms with Gasteiger partial charge in [0.15, 0.2) is 0 Å². The lowest BCUT2D eigenvalue weighted by molar-refractivity contribution is -0.139. The molecule has 14 heteroatoms. The molecule has 0 saturated carbocycles. The van der Waals surface area contributed by atoms with E-state index in [9.17, 15) is 35.9 Å². The van der Waals surface area contributed by atoms with Crippen LogP contribution in [0.2, 0.25) is 0 Å². The van der Waals surface area contributed by atoms with Gasteiger partial charge in [-0.1, -0.05) is 20.3 Å². The van der Waals surface area contributed by atoms with Crippen LogP contribution in [-0.4, -0.2) is 51.6 Å². The number of halogens is 6. The summed E-state index contributed by atoms with van der Waals surface area (Å²) < 4.78 is 82.4. The Labute approximate surface area is 189 Å². The predicted octanol–water partition coefficient (Wildman–Crippen LogP) is 3.94. The molecule has 0 spiro atoms. The van der Waals surface area contributed by atoms with E-state index in [0.29, 0.717) is 24.9 Å². The summed E-state index contributed by atoms with van der Waals surface area (Å²) in [4.78, 5) is 36.7. The highest BCUT2D eigenvalue weighted by atomic mass is 19.4. The zero-order chi connectivity index (χ0) is 25.3. The van der Waals surface area contributed by atoms with Crippen molar-refractivity contribution in [2.45, 2.75) is 38.7 Å². The van der Waals surface area contributed by atoms with E-state index in [1.54, 1.807) is 4.90 Å². The SMILES string of the molecule is CCC(C)C1CN(c2ncc(C(F)(F)F)cn2)CCN1C(=O)Oc1c[nH]c(=O)c(C(F)(F)F)c1. The topological polar surface area (TPSA) is 91.4 Å². The number of alkyl halides is 6. The second kappa shape index (κ2) is 9.50. The molecule has 0 aromatic carbocycles. The maximum Gasteiger partial charge on any atom is 0.421 e. The second-order valence-electron chi connectivity index (χ2n) is 7.81. The Morgan fingerprint density at radius 2 is 1.82 bits per heavy atom. The molecule has 3 heterocycles. The number of nitrogens with zero attached hydrogens (tertiary/aromatic N) is 4. The average molecular weight is 493 g/mol. The number of pyridine rings is 1. The molecule has 186 valence electrons. The maximum atomic E-state index is 13.0. The van der Waals surface area contributed by atoms with Crippen molar-refractivity contribution in [1.29, 1.82) is 0 Å². The molecule has 2 aromatic rings. The molecule has 0 aliphatic carbocycles. The second-order valence-corrected chi connectivity index (χ2v) is 7.81. The van der Waals surface area contributed by atoms with Gasteiger partial charge < -0.3 is 19.5 Å². The molecule has 1 aliphatic heterocycles. The van der Waals surface area contributed by atoms with Crippen LogP contribution in [-0.2, 0) is 12.4 Å². The normalized spacial score (nSPS) is 18.1. The summed E-state index contributed by atoms with van der Waals surface area (Å²) in [5.41, 5.74) is -3.86. The molecule has 2 atom stereocenters. The van der Waals surface area contributed by atoms with Crippen molar-refractivity contribution in [3.05, 3.63) is 46.1 Å². The van der Waals surface area contributed by atoms with Crippen LogP contribution in [0.1, 0.15) is 31.4 Å². The van der Waals surface area contributed by atoms with E-state index in [-0.39, 0.29) is 31.5 Å². The van der Waals surface area contributed by atoms with Crippen molar-refractivity contribution in [2.24, 2.45) is 5.92 Å². The van der Waals surface area contributed by atoms with Gasteiger partial charge in [-0.2, -0.15) is 26.3 Å². The highest BCUT2D eigenvalue weighted by molar-refractivity contribution is 5.71. The Morgan fingerprint density at radius 3 is 2.38 bits per heavy atom. The Bertz CT molecular complexity index is 1070. The van der Waals surface area contributed by atoms with E-state index >= 15 is 0 Å². The number of carbonyl (C=O) groups is 1. The molecule has 1 saturated heterocycles. The summed E-state index contributed by atoms with van der Waals surface area (Å²) in [7, 11) is 0.